The SMILES string of the molecule is O=c1c2ccccc2nc(SCc2ccc3c(c2)OCO3)n1CCc1cccs1. The van der Waals surface area contributed by atoms with E-state index in [1.54, 1.807) is 27.7 Å². The third kappa shape index (κ3) is 3.75. The van der Waals surface area contributed by atoms with Crippen molar-refractivity contribution in [2.24, 2.45) is 0 Å². The molecule has 1 aliphatic heterocycles. The molecule has 5 nitrogen and oxygen atoms in total. The summed E-state index contributed by atoms with van der Waals surface area (Å²) in [5.41, 5.74) is 1.85. The van der Waals surface area contributed by atoms with Crippen molar-refractivity contribution in [2.45, 2.75) is 23.9 Å². The molecule has 2 aromatic carbocycles. The lowest BCUT2D eigenvalue weighted by Gasteiger charge is -2.13. The average molecular weight is 423 g/mol. The number of hydrogen-bond donors (Lipinski definition) is 0. The standard InChI is InChI=1S/C22H18N2O3S2/c25-21-17-5-1-2-6-18(17)23-22(24(21)10-9-16-4-3-11-28-16)29-13-15-7-8-19-20(12-15)27-14-26-19/h1-8,11-12H,9-10,13-14H2. The van der Waals surface area contributed by atoms with Crippen LogP contribution >= 0.6 is 23.1 Å². The van der Waals surface area contributed by atoms with E-state index in [-0.39, 0.29) is 12.4 Å². The van der Waals surface area contributed by atoms with Gasteiger partial charge in [0.25, 0.3) is 5.56 Å². The number of aryl methyl sites for hydroxylation is 1. The summed E-state index contributed by atoms with van der Waals surface area (Å²) in [5, 5.41) is 3.46. The molecule has 7 heteroatoms. The molecule has 0 unspecified atom stereocenters. The highest BCUT2D eigenvalue weighted by Crippen LogP contribution is 2.34. The van der Waals surface area contributed by atoms with E-state index in [2.05, 4.69) is 11.4 Å². The fourth-order valence-electron chi connectivity index (χ4n) is 3.31. The lowest BCUT2D eigenvalue weighted by molar-refractivity contribution is 0.174. The number of nitrogens with zero attached hydrogens (tertiary/aromatic N) is 2. The molecule has 1 aliphatic rings. The third-order valence-corrected chi connectivity index (χ3v) is 6.78. The quantitative estimate of drug-likeness (QED) is 0.332. The summed E-state index contributed by atoms with van der Waals surface area (Å²) in [6, 6.07) is 17.6. The summed E-state index contributed by atoms with van der Waals surface area (Å²) in [6.07, 6.45) is 0.815. The molecular formula is C22H18N2O3S2. The van der Waals surface area contributed by atoms with Crippen LogP contribution in [0.25, 0.3) is 10.9 Å². The van der Waals surface area contributed by atoms with Gasteiger partial charge in [0.1, 0.15) is 0 Å². The van der Waals surface area contributed by atoms with Gasteiger partial charge in [-0.1, -0.05) is 36.0 Å². The molecule has 0 fully saturated rings. The van der Waals surface area contributed by atoms with Crippen LogP contribution in [-0.4, -0.2) is 16.3 Å². The predicted octanol–water partition coefficient (Wildman–Crippen LogP) is 4.72. The van der Waals surface area contributed by atoms with Crippen LogP contribution in [0.2, 0.25) is 0 Å². The molecule has 0 saturated heterocycles. The zero-order valence-corrected chi connectivity index (χ0v) is 17.2. The molecule has 0 saturated carbocycles. The third-order valence-electron chi connectivity index (χ3n) is 4.79. The Bertz CT molecular complexity index is 1220. The van der Waals surface area contributed by atoms with Crippen LogP contribution in [0.1, 0.15) is 10.4 Å². The molecule has 0 spiro atoms. The van der Waals surface area contributed by atoms with Gasteiger partial charge in [-0.3, -0.25) is 9.36 Å². The number of thioether (sulfide) groups is 1. The van der Waals surface area contributed by atoms with Crippen LogP contribution < -0.4 is 15.0 Å². The molecular weight excluding hydrogens is 404 g/mol. The highest BCUT2D eigenvalue weighted by atomic mass is 32.2. The largest absolute Gasteiger partial charge is 0.454 e. The van der Waals surface area contributed by atoms with Crippen molar-refractivity contribution in [3.63, 3.8) is 0 Å². The first-order valence-corrected chi connectivity index (χ1v) is 11.2. The number of fused-ring (bicyclic) bond motifs is 2. The molecule has 4 aromatic rings. The zero-order chi connectivity index (χ0) is 19.6. The van der Waals surface area contributed by atoms with Crippen LogP contribution in [0.4, 0.5) is 0 Å². The molecule has 29 heavy (non-hydrogen) atoms. The maximum atomic E-state index is 13.1. The van der Waals surface area contributed by atoms with E-state index in [0.717, 1.165) is 34.2 Å². The number of benzene rings is 2. The van der Waals surface area contributed by atoms with Crippen molar-refractivity contribution in [1.82, 2.24) is 9.55 Å². The number of ether oxygens (including phenoxy) is 2. The van der Waals surface area contributed by atoms with Gasteiger partial charge >= 0.3 is 0 Å². The molecule has 2 aromatic heterocycles. The Kier molecular flexibility index (Phi) is 4.99. The van der Waals surface area contributed by atoms with Crippen LogP contribution in [0.3, 0.4) is 0 Å². The predicted molar refractivity (Wildman–Crippen MR) is 116 cm³/mol. The van der Waals surface area contributed by atoms with Crippen LogP contribution in [0, 0.1) is 0 Å². The van der Waals surface area contributed by atoms with Crippen molar-refractivity contribution >= 4 is 34.0 Å². The van der Waals surface area contributed by atoms with Gasteiger partial charge in [0, 0.05) is 17.2 Å². The van der Waals surface area contributed by atoms with Crippen LogP contribution in [-0.2, 0) is 18.7 Å². The number of rotatable bonds is 6. The first-order chi connectivity index (χ1) is 14.3. The summed E-state index contributed by atoms with van der Waals surface area (Å²) >= 11 is 3.28. The molecule has 5 rings (SSSR count). The van der Waals surface area contributed by atoms with E-state index >= 15 is 0 Å². The summed E-state index contributed by atoms with van der Waals surface area (Å²) in [5.74, 6) is 2.24. The molecule has 0 atom stereocenters. The Morgan fingerprint density at radius 3 is 2.86 bits per heavy atom. The molecule has 0 radical (unpaired) electrons. The summed E-state index contributed by atoms with van der Waals surface area (Å²) in [7, 11) is 0. The van der Waals surface area contributed by atoms with E-state index in [9.17, 15) is 4.79 Å². The first-order valence-electron chi connectivity index (χ1n) is 9.31. The van der Waals surface area contributed by atoms with Gasteiger partial charge in [0.15, 0.2) is 16.7 Å². The minimum absolute atomic E-state index is 0.0142. The molecule has 0 N–H and O–H groups in total. The van der Waals surface area contributed by atoms with E-state index in [4.69, 9.17) is 14.5 Å². The van der Waals surface area contributed by atoms with Crippen LogP contribution in [0.5, 0.6) is 11.5 Å². The summed E-state index contributed by atoms with van der Waals surface area (Å²) < 4.78 is 12.7. The summed E-state index contributed by atoms with van der Waals surface area (Å²) in [6.45, 7) is 0.876. The van der Waals surface area contributed by atoms with Gasteiger partial charge in [-0.15, -0.1) is 11.3 Å². The number of hydrogen-bond acceptors (Lipinski definition) is 6. The zero-order valence-electron chi connectivity index (χ0n) is 15.5. The van der Waals surface area contributed by atoms with Gasteiger partial charge in [-0.25, -0.2) is 4.98 Å². The maximum absolute atomic E-state index is 13.1. The normalized spacial score (nSPS) is 12.6. The topological polar surface area (TPSA) is 53.4 Å². The van der Waals surface area contributed by atoms with Gasteiger partial charge in [-0.05, 0) is 47.7 Å². The Balaban J connectivity index is 1.45. The molecule has 3 heterocycles. The Morgan fingerprint density at radius 1 is 1.07 bits per heavy atom. The highest BCUT2D eigenvalue weighted by Gasteiger charge is 2.15. The van der Waals surface area contributed by atoms with E-state index < -0.39 is 0 Å². The Labute approximate surface area is 175 Å². The second-order valence-electron chi connectivity index (χ2n) is 6.67. The van der Waals surface area contributed by atoms with Crippen molar-refractivity contribution in [2.75, 3.05) is 6.79 Å². The minimum Gasteiger partial charge on any atom is -0.454 e. The van der Waals surface area contributed by atoms with Crippen molar-refractivity contribution in [3.8, 4) is 11.5 Å². The lowest BCUT2D eigenvalue weighted by atomic mass is 10.2. The second kappa shape index (κ2) is 7.93. The summed E-state index contributed by atoms with van der Waals surface area (Å²) in [4.78, 5) is 19.2. The first kappa shape index (κ1) is 18.3. The molecule has 0 bridgehead atoms. The highest BCUT2D eigenvalue weighted by molar-refractivity contribution is 7.98. The minimum atomic E-state index is 0.0142. The van der Waals surface area contributed by atoms with E-state index in [1.807, 2.05) is 48.5 Å². The number of para-hydroxylation sites is 1. The molecule has 0 aliphatic carbocycles. The maximum Gasteiger partial charge on any atom is 0.262 e. The average Bonchev–Trinajstić information content (AvgIpc) is 3.43. The van der Waals surface area contributed by atoms with Crippen LogP contribution in [0.15, 0.2) is 69.9 Å². The van der Waals surface area contributed by atoms with Gasteiger partial charge < -0.3 is 9.47 Å². The Morgan fingerprint density at radius 2 is 1.97 bits per heavy atom. The monoisotopic (exact) mass is 422 g/mol. The number of aromatic nitrogens is 2. The van der Waals surface area contributed by atoms with Crippen molar-refractivity contribution in [1.29, 1.82) is 0 Å². The van der Waals surface area contributed by atoms with Gasteiger partial charge in [-0.2, -0.15) is 0 Å². The van der Waals surface area contributed by atoms with Gasteiger partial charge in [0.2, 0.25) is 6.79 Å². The smallest absolute Gasteiger partial charge is 0.262 e. The van der Waals surface area contributed by atoms with E-state index in [1.165, 1.54) is 4.88 Å². The Hall–Kier alpha value is -2.77. The van der Waals surface area contributed by atoms with Gasteiger partial charge in [0.05, 0.1) is 10.9 Å². The lowest BCUT2D eigenvalue weighted by Crippen LogP contribution is -2.24. The second-order valence-corrected chi connectivity index (χ2v) is 8.65. The molecule has 146 valence electrons. The van der Waals surface area contributed by atoms with E-state index in [0.29, 0.717) is 17.7 Å². The fourth-order valence-corrected chi connectivity index (χ4v) is 4.98. The van der Waals surface area contributed by atoms with Crippen molar-refractivity contribution < 1.29 is 9.47 Å². The van der Waals surface area contributed by atoms with Crippen molar-refractivity contribution in [3.05, 3.63) is 80.8 Å². The fraction of sp³-hybridized carbons (Fsp3) is 0.182. The number of thiophene rings is 1. The molecule has 0 amide bonds.